The third-order valence-electron chi connectivity index (χ3n) is 3.61. The number of nitrogens with two attached hydrogens (primary N) is 1. The maximum atomic E-state index is 12.0. The molecular formula is C13H23N3O. The molecule has 0 saturated carbocycles. The second kappa shape index (κ2) is 6.61. The number of hydrogen-bond donors (Lipinski definition) is 1. The minimum Gasteiger partial charge on any atom is -0.327 e. The van der Waals surface area contributed by atoms with Gasteiger partial charge in [-0.1, -0.05) is 20.3 Å². The van der Waals surface area contributed by atoms with Gasteiger partial charge >= 0.3 is 0 Å². The van der Waals surface area contributed by atoms with Gasteiger partial charge in [-0.05, 0) is 25.2 Å². The van der Waals surface area contributed by atoms with Crippen molar-refractivity contribution in [2.24, 2.45) is 11.7 Å². The molecule has 0 aromatic heterocycles. The van der Waals surface area contributed by atoms with Crippen LogP contribution in [0.3, 0.4) is 0 Å². The first-order valence-electron chi connectivity index (χ1n) is 6.54. The number of rotatable bonds is 5. The average molecular weight is 237 g/mol. The Morgan fingerprint density at radius 3 is 2.94 bits per heavy atom. The van der Waals surface area contributed by atoms with E-state index in [9.17, 15) is 4.79 Å². The van der Waals surface area contributed by atoms with E-state index in [1.54, 1.807) is 4.90 Å². The molecule has 0 unspecified atom stereocenters. The van der Waals surface area contributed by atoms with Crippen LogP contribution in [0.1, 0.15) is 46.0 Å². The first-order chi connectivity index (χ1) is 8.10. The highest BCUT2D eigenvalue weighted by Gasteiger charge is 2.29. The van der Waals surface area contributed by atoms with Gasteiger partial charge in [0.05, 0.1) is 6.07 Å². The van der Waals surface area contributed by atoms with Gasteiger partial charge in [-0.15, -0.1) is 0 Å². The van der Waals surface area contributed by atoms with Gasteiger partial charge in [0.25, 0.3) is 0 Å². The summed E-state index contributed by atoms with van der Waals surface area (Å²) in [7, 11) is 0. The summed E-state index contributed by atoms with van der Waals surface area (Å²) < 4.78 is 0. The van der Waals surface area contributed by atoms with Crippen LogP contribution in [0.5, 0.6) is 0 Å². The summed E-state index contributed by atoms with van der Waals surface area (Å²) in [6, 6.07) is 1.88. The van der Waals surface area contributed by atoms with E-state index >= 15 is 0 Å². The van der Waals surface area contributed by atoms with Gasteiger partial charge in [-0.3, -0.25) is 4.79 Å². The van der Waals surface area contributed by atoms with Crippen LogP contribution < -0.4 is 5.73 Å². The fourth-order valence-electron chi connectivity index (χ4n) is 2.39. The topological polar surface area (TPSA) is 70.1 Å². The van der Waals surface area contributed by atoms with Gasteiger partial charge in [0, 0.05) is 19.0 Å². The molecular weight excluding hydrogens is 214 g/mol. The number of nitrogens with zero attached hydrogens (tertiary/aromatic N) is 2. The largest absolute Gasteiger partial charge is 0.327 e. The Balaban J connectivity index is 2.46. The average Bonchev–Trinajstić information content (AvgIpc) is 2.77. The Labute approximate surface area is 104 Å². The molecule has 1 aliphatic rings. The molecule has 1 fully saturated rings. The summed E-state index contributed by atoms with van der Waals surface area (Å²) in [4.78, 5) is 13.7. The van der Waals surface area contributed by atoms with Crippen LogP contribution in [0.2, 0.25) is 0 Å². The maximum Gasteiger partial charge on any atom is 0.225 e. The fourth-order valence-corrected chi connectivity index (χ4v) is 2.39. The van der Waals surface area contributed by atoms with E-state index in [4.69, 9.17) is 11.0 Å². The molecule has 1 amide bonds. The van der Waals surface area contributed by atoms with Gasteiger partial charge in [0.15, 0.2) is 0 Å². The molecule has 0 aromatic rings. The monoisotopic (exact) mass is 237 g/mol. The Morgan fingerprint density at radius 2 is 2.35 bits per heavy atom. The minimum absolute atomic E-state index is 0.0458. The zero-order chi connectivity index (χ0) is 12.8. The van der Waals surface area contributed by atoms with Crippen molar-refractivity contribution in [2.75, 3.05) is 6.54 Å². The normalized spacial score (nSPS) is 23.2. The van der Waals surface area contributed by atoms with E-state index in [-0.39, 0.29) is 18.0 Å². The molecule has 0 bridgehead atoms. The van der Waals surface area contributed by atoms with Crippen LogP contribution >= 0.6 is 0 Å². The fraction of sp³-hybridized carbons (Fsp3) is 0.846. The molecule has 2 N–H and O–H groups in total. The van der Waals surface area contributed by atoms with E-state index in [0.29, 0.717) is 18.9 Å². The van der Waals surface area contributed by atoms with Crippen molar-refractivity contribution in [3.63, 3.8) is 0 Å². The van der Waals surface area contributed by atoms with Crippen molar-refractivity contribution in [3.05, 3.63) is 0 Å². The van der Waals surface area contributed by atoms with Crippen LogP contribution in [0, 0.1) is 17.2 Å². The SMILES string of the molecule is CCC[C@H](C)[C@H](N)CC(=O)N1CCC[C@@H]1C#N. The van der Waals surface area contributed by atoms with E-state index < -0.39 is 0 Å². The molecule has 4 heteroatoms. The first-order valence-corrected chi connectivity index (χ1v) is 6.54. The number of nitriles is 1. The van der Waals surface area contributed by atoms with E-state index in [2.05, 4.69) is 19.9 Å². The summed E-state index contributed by atoms with van der Waals surface area (Å²) in [5.74, 6) is 0.414. The summed E-state index contributed by atoms with van der Waals surface area (Å²) >= 11 is 0. The Kier molecular flexibility index (Phi) is 5.43. The second-order valence-electron chi connectivity index (χ2n) is 5.01. The zero-order valence-corrected chi connectivity index (χ0v) is 10.9. The maximum absolute atomic E-state index is 12.0. The van der Waals surface area contributed by atoms with Crippen LogP contribution in [-0.4, -0.2) is 29.4 Å². The van der Waals surface area contributed by atoms with E-state index in [1.165, 1.54) is 0 Å². The molecule has 0 radical (unpaired) electrons. The molecule has 96 valence electrons. The smallest absolute Gasteiger partial charge is 0.225 e. The van der Waals surface area contributed by atoms with Crippen molar-refractivity contribution >= 4 is 5.91 Å². The molecule has 1 aliphatic heterocycles. The highest BCUT2D eigenvalue weighted by atomic mass is 16.2. The summed E-state index contributed by atoms with van der Waals surface area (Å²) in [6.07, 6.45) is 4.26. The number of hydrogen-bond acceptors (Lipinski definition) is 3. The number of likely N-dealkylation sites (tertiary alicyclic amines) is 1. The van der Waals surface area contributed by atoms with Gasteiger partial charge in [-0.25, -0.2) is 0 Å². The summed E-state index contributed by atoms with van der Waals surface area (Å²) in [6.45, 7) is 4.93. The lowest BCUT2D eigenvalue weighted by Gasteiger charge is -2.24. The van der Waals surface area contributed by atoms with Gasteiger partial charge in [0.1, 0.15) is 6.04 Å². The van der Waals surface area contributed by atoms with Gasteiger partial charge in [-0.2, -0.15) is 5.26 Å². The van der Waals surface area contributed by atoms with Crippen LogP contribution in [0.25, 0.3) is 0 Å². The van der Waals surface area contributed by atoms with Crippen LogP contribution in [0.4, 0.5) is 0 Å². The molecule has 0 spiro atoms. The third kappa shape index (κ3) is 3.71. The number of carbonyl (C=O) groups excluding carboxylic acids is 1. The van der Waals surface area contributed by atoms with Crippen molar-refractivity contribution in [1.82, 2.24) is 4.90 Å². The second-order valence-corrected chi connectivity index (χ2v) is 5.01. The first kappa shape index (κ1) is 14.0. The molecule has 4 nitrogen and oxygen atoms in total. The van der Waals surface area contributed by atoms with Crippen molar-refractivity contribution < 1.29 is 4.79 Å². The molecule has 1 rings (SSSR count). The molecule has 17 heavy (non-hydrogen) atoms. The van der Waals surface area contributed by atoms with Gasteiger partial charge < -0.3 is 10.6 Å². The quantitative estimate of drug-likeness (QED) is 0.790. The molecule has 0 aromatic carbocycles. The Morgan fingerprint density at radius 1 is 1.65 bits per heavy atom. The third-order valence-corrected chi connectivity index (χ3v) is 3.61. The Bertz CT molecular complexity index is 298. The van der Waals surface area contributed by atoms with Crippen molar-refractivity contribution in [1.29, 1.82) is 5.26 Å². The molecule has 3 atom stereocenters. The number of carbonyl (C=O) groups is 1. The van der Waals surface area contributed by atoms with E-state index in [1.807, 2.05) is 0 Å². The predicted molar refractivity (Wildman–Crippen MR) is 67.0 cm³/mol. The highest BCUT2D eigenvalue weighted by Crippen LogP contribution is 2.19. The summed E-state index contributed by atoms with van der Waals surface area (Å²) in [5, 5.41) is 8.94. The zero-order valence-electron chi connectivity index (χ0n) is 10.9. The lowest BCUT2D eigenvalue weighted by Crippen LogP contribution is -2.40. The van der Waals surface area contributed by atoms with E-state index in [0.717, 1.165) is 25.7 Å². The molecule has 1 saturated heterocycles. The predicted octanol–water partition coefficient (Wildman–Crippen LogP) is 1.65. The Hall–Kier alpha value is -1.08. The molecule has 0 aliphatic carbocycles. The van der Waals surface area contributed by atoms with Crippen LogP contribution in [0.15, 0.2) is 0 Å². The van der Waals surface area contributed by atoms with Crippen molar-refractivity contribution in [3.8, 4) is 6.07 Å². The lowest BCUT2D eigenvalue weighted by molar-refractivity contribution is -0.131. The highest BCUT2D eigenvalue weighted by molar-refractivity contribution is 5.77. The summed E-state index contributed by atoms with van der Waals surface area (Å²) in [5.41, 5.74) is 6.03. The van der Waals surface area contributed by atoms with Gasteiger partial charge in [0.2, 0.25) is 5.91 Å². The molecule has 1 heterocycles. The minimum atomic E-state index is -0.226. The van der Waals surface area contributed by atoms with Crippen molar-refractivity contribution in [2.45, 2.75) is 58.0 Å². The lowest BCUT2D eigenvalue weighted by atomic mass is 9.95. The number of amides is 1. The standard InChI is InChI=1S/C13H23N3O/c1-3-5-10(2)12(15)8-13(17)16-7-4-6-11(16)9-14/h10-12H,3-8,15H2,1-2H3/t10-,11+,12+/m0/s1. The van der Waals surface area contributed by atoms with Crippen LogP contribution in [-0.2, 0) is 4.79 Å².